The van der Waals surface area contributed by atoms with Crippen molar-refractivity contribution in [2.45, 2.75) is 39.8 Å². The molecule has 0 saturated heterocycles. The number of pyridine rings is 1. The number of aromatic nitrogens is 1. The number of hydrogen-bond acceptors (Lipinski definition) is 4. The molecule has 0 aliphatic heterocycles. The molecule has 1 heterocycles. The second kappa shape index (κ2) is 5.57. The average molecular weight is 265 g/mol. The van der Waals surface area contributed by atoms with Crippen molar-refractivity contribution in [3.05, 3.63) is 23.9 Å². The molecule has 0 saturated carbocycles. The van der Waals surface area contributed by atoms with Gasteiger partial charge in [-0.3, -0.25) is 4.79 Å². The van der Waals surface area contributed by atoms with E-state index in [4.69, 9.17) is 10.5 Å². The largest absolute Gasteiger partial charge is 0.481 e. The number of nitrogens with one attached hydrogen (secondary N) is 1. The van der Waals surface area contributed by atoms with Gasteiger partial charge in [0, 0.05) is 24.3 Å². The maximum absolute atomic E-state index is 12.2. The van der Waals surface area contributed by atoms with Crippen LogP contribution in [0.15, 0.2) is 18.3 Å². The van der Waals surface area contributed by atoms with E-state index < -0.39 is 11.0 Å². The van der Waals surface area contributed by atoms with Crippen LogP contribution in [0.4, 0.5) is 0 Å². The highest BCUT2D eigenvalue weighted by Gasteiger charge is 2.40. The molecule has 1 aromatic rings. The lowest BCUT2D eigenvalue weighted by Crippen LogP contribution is -2.55. The minimum absolute atomic E-state index is 0.0733. The summed E-state index contributed by atoms with van der Waals surface area (Å²) in [5.41, 5.74) is 5.71. The van der Waals surface area contributed by atoms with E-state index in [-0.39, 0.29) is 5.91 Å². The van der Waals surface area contributed by atoms with E-state index in [1.165, 1.54) is 0 Å². The van der Waals surface area contributed by atoms with Gasteiger partial charge in [-0.1, -0.05) is 6.07 Å². The van der Waals surface area contributed by atoms with Crippen LogP contribution in [-0.4, -0.2) is 23.5 Å². The molecular formula is C14H23N3O2. The Labute approximate surface area is 114 Å². The zero-order valence-electron chi connectivity index (χ0n) is 12.3. The Bertz CT molecular complexity index is 433. The molecule has 0 aliphatic carbocycles. The summed E-state index contributed by atoms with van der Waals surface area (Å²) in [6.45, 7) is 7.81. The number of ether oxygens (including phenoxy) is 1. The number of hydrogen-bond donors (Lipinski definition) is 2. The maximum atomic E-state index is 12.2. The molecule has 0 spiro atoms. The summed E-state index contributed by atoms with van der Waals surface area (Å²) < 4.78 is 4.98. The Morgan fingerprint density at radius 1 is 1.37 bits per heavy atom. The second-order valence-corrected chi connectivity index (χ2v) is 5.74. The fraction of sp³-hybridized carbons (Fsp3) is 0.571. The normalized spacial score (nSPS) is 12.1. The predicted octanol–water partition coefficient (Wildman–Crippen LogP) is 1.47. The molecule has 1 amide bonds. The number of nitrogens with zero attached hydrogens (tertiary/aromatic N) is 1. The van der Waals surface area contributed by atoms with E-state index in [0.29, 0.717) is 12.4 Å². The van der Waals surface area contributed by atoms with Gasteiger partial charge in [-0.15, -0.1) is 0 Å². The Morgan fingerprint density at radius 2 is 2.00 bits per heavy atom. The van der Waals surface area contributed by atoms with E-state index in [1.54, 1.807) is 19.4 Å². The summed E-state index contributed by atoms with van der Waals surface area (Å²) in [5.74, 6) is 0.481. The summed E-state index contributed by atoms with van der Waals surface area (Å²) in [7, 11) is 1.57. The Hall–Kier alpha value is -1.62. The van der Waals surface area contributed by atoms with Gasteiger partial charge in [-0.25, -0.2) is 4.98 Å². The molecule has 0 bridgehead atoms. The van der Waals surface area contributed by atoms with Gasteiger partial charge < -0.3 is 15.8 Å². The Morgan fingerprint density at radius 3 is 2.42 bits per heavy atom. The van der Waals surface area contributed by atoms with Crippen molar-refractivity contribution in [3.8, 4) is 5.88 Å². The van der Waals surface area contributed by atoms with E-state index in [9.17, 15) is 4.79 Å². The summed E-state index contributed by atoms with van der Waals surface area (Å²) in [4.78, 5) is 16.3. The summed E-state index contributed by atoms with van der Waals surface area (Å²) in [6.07, 6.45) is 1.68. The topological polar surface area (TPSA) is 77.2 Å². The third kappa shape index (κ3) is 3.67. The van der Waals surface area contributed by atoms with Crippen LogP contribution in [0.2, 0.25) is 0 Å². The number of carbonyl (C=O) groups excluding carboxylic acids is 1. The van der Waals surface area contributed by atoms with Crippen LogP contribution >= 0.6 is 0 Å². The lowest BCUT2D eigenvalue weighted by molar-refractivity contribution is -0.132. The fourth-order valence-electron chi connectivity index (χ4n) is 1.33. The molecule has 5 heteroatoms. The fourth-order valence-corrected chi connectivity index (χ4v) is 1.33. The van der Waals surface area contributed by atoms with Crippen LogP contribution in [0, 0.1) is 5.41 Å². The zero-order chi connectivity index (χ0) is 14.7. The van der Waals surface area contributed by atoms with Crippen molar-refractivity contribution in [3.63, 3.8) is 0 Å². The summed E-state index contributed by atoms with van der Waals surface area (Å²) >= 11 is 0. The molecule has 3 N–H and O–H groups in total. The van der Waals surface area contributed by atoms with Crippen LogP contribution in [-0.2, 0) is 11.3 Å². The van der Waals surface area contributed by atoms with Gasteiger partial charge in [0.15, 0.2) is 0 Å². The smallest absolute Gasteiger partial charge is 0.227 e. The highest BCUT2D eigenvalue weighted by molar-refractivity contribution is 5.83. The van der Waals surface area contributed by atoms with Crippen molar-refractivity contribution in [2.75, 3.05) is 7.11 Å². The van der Waals surface area contributed by atoms with Gasteiger partial charge in [0.05, 0.1) is 12.5 Å². The molecular weight excluding hydrogens is 242 g/mol. The molecule has 0 aromatic carbocycles. The Kier molecular flexibility index (Phi) is 4.52. The summed E-state index contributed by atoms with van der Waals surface area (Å²) in [5, 5.41) is 2.88. The molecule has 5 nitrogen and oxygen atoms in total. The highest BCUT2D eigenvalue weighted by atomic mass is 16.5. The van der Waals surface area contributed by atoms with E-state index in [0.717, 1.165) is 5.56 Å². The van der Waals surface area contributed by atoms with E-state index in [2.05, 4.69) is 10.3 Å². The monoisotopic (exact) mass is 265 g/mol. The van der Waals surface area contributed by atoms with Crippen molar-refractivity contribution in [1.29, 1.82) is 0 Å². The van der Waals surface area contributed by atoms with Crippen LogP contribution in [0.3, 0.4) is 0 Å². The molecule has 106 valence electrons. The van der Waals surface area contributed by atoms with Crippen LogP contribution in [0.1, 0.15) is 33.3 Å². The number of carbonyl (C=O) groups is 1. The number of nitrogens with two attached hydrogens (primary N) is 1. The van der Waals surface area contributed by atoms with Gasteiger partial charge in [0.25, 0.3) is 0 Å². The first kappa shape index (κ1) is 15.4. The van der Waals surface area contributed by atoms with E-state index in [1.807, 2.05) is 33.8 Å². The predicted molar refractivity (Wildman–Crippen MR) is 74.7 cm³/mol. The number of rotatable bonds is 5. The minimum atomic E-state index is -0.646. The van der Waals surface area contributed by atoms with Gasteiger partial charge in [0.1, 0.15) is 0 Å². The number of methoxy groups -OCH3 is 1. The molecule has 0 aliphatic rings. The molecule has 0 fully saturated rings. The minimum Gasteiger partial charge on any atom is -0.481 e. The molecule has 19 heavy (non-hydrogen) atoms. The zero-order valence-corrected chi connectivity index (χ0v) is 12.3. The van der Waals surface area contributed by atoms with Gasteiger partial charge in [0.2, 0.25) is 11.8 Å². The first-order chi connectivity index (χ1) is 8.68. The first-order valence-electron chi connectivity index (χ1n) is 6.24. The van der Waals surface area contributed by atoms with Crippen LogP contribution < -0.4 is 15.8 Å². The SMILES string of the molecule is COc1ccc(CNC(=O)C(C)(C)C(C)(C)N)cn1. The molecule has 1 aromatic heterocycles. The average Bonchev–Trinajstić information content (AvgIpc) is 2.35. The van der Waals surface area contributed by atoms with E-state index >= 15 is 0 Å². The lowest BCUT2D eigenvalue weighted by atomic mass is 9.74. The van der Waals surface area contributed by atoms with Crippen molar-refractivity contribution in [2.24, 2.45) is 11.1 Å². The van der Waals surface area contributed by atoms with Gasteiger partial charge in [-0.2, -0.15) is 0 Å². The molecule has 1 rings (SSSR count). The standard InChI is InChI=1S/C14H23N3O2/c1-13(2,14(3,4)15)12(18)17-9-10-6-7-11(19-5)16-8-10/h6-8H,9,15H2,1-5H3,(H,17,18). The molecule has 0 atom stereocenters. The molecule has 0 unspecified atom stereocenters. The van der Waals surface area contributed by atoms with Gasteiger partial charge >= 0.3 is 0 Å². The van der Waals surface area contributed by atoms with Crippen molar-refractivity contribution < 1.29 is 9.53 Å². The second-order valence-electron chi connectivity index (χ2n) is 5.74. The van der Waals surface area contributed by atoms with Crippen molar-refractivity contribution in [1.82, 2.24) is 10.3 Å². The lowest BCUT2D eigenvalue weighted by Gasteiger charge is -2.36. The van der Waals surface area contributed by atoms with Crippen LogP contribution in [0.5, 0.6) is 5.88 Å². The third-order valence-corrected chi connectivity index (χ3v) is 3.64. The van der Waals surface area contributed by atoms with Gasteiger partial charge in [-0.05, 0) is 33.3 Å². The Balaban J connectivity index is 2.63. The maximum Gasteiger partial charge on any atom is 0.227 e. The third-order valence-electron chi connectivity index (χ3n) is 3.64. The molecule has 0 radical (unpaired) electrons. The summed E-state index contributed by atoms with van der Waals surface area (Å²) in [6, 6.07) is 3.63. The van der Waals surface area contributed by atoms with Crippen molar-refractivity contribution >= 4 is 5.91 Å². The first-order valence-corrected chi connectivity index (χ1v) is 6.24. The number of amides is 1. The van der Waals surface area contributed by atoms with Crippen LogP contribution in [0.25, 0.3) is 0 Å². The highest BCUT2D eigenvalue weighted by Crippen LogP contribution is 2.28. The quantitative estimate of drug-likeness (QED) is 0.845.